The Labute approximate surface area is 56.8 Å². The van der Waals surface area contributed by atoms with Crippen molar-refractivity contribution in [2.45, 2.75) is 17.1 Å². The molecule has 1 N–H and O–H groups in total. The molecule has 0 radical (unpaired) electrons. The average Bonchev–Trinajstić information content (AvgIpc) is 1.61. The van der Waals surface area contributed by atoms with Crippen molar-refractivity contribution in [3.8, 4) is 0 Å². The first-order valence-electron chi connectivity index (χ1n) is 2.16. The lowest BCUT2D eigenvalue weighted by molar-refractivity contribution is 0.286. The van der Waals surface area contributed by atoms with Gasteiger partial charge in [-0.2, -0.15) is 0 Å². The van der Waals surface area contributed by atoms with Gasteiger partial charge >= 0.3 is 0 Å². The van der Waals surface area contributed by atoms with Crippen LogP contribution in [-0.4, -0.2) is 16.0 Å². The molecule has 0 saturated heterocycles. The topological polar surface area (TPSA) is 20.2 Å². The molecule has 0 aromatic carbocycles. The van der Waals surface area contributed by atoms with Crippen molar-refractivity contribution in [2.24, 2.45) is 0 Å². The molecular weight excluding hydrogens is 179 g/mol. The minimum Gasteiger partial charge on any atom is -0.396 e. The van der Waals surface area contributed by atoms with Gasteiger partial charge in [-0.1, -0.05) is 15.9 Å². The lowest BCUT2D eigenvalue weighted by Crippen LogP contribution is -1.88. The summed E-state index contributed by atoms with van der Waals surface area (Å²) in [5, 5.41) is 8.24. The van der Waals surface area contributed by atoms with E-state index in [-0.39, 0.29) is 10.9 Å². The van der Waals surface area contributed by atoms with Crippen molar-refractivity contribution in [2.75, 3.05) is 6.61 Å². The van der Waals surface area contributed by atoms with Crippen LogP contribution in [0.4, 0.5) is 0 Å². The zero-order valence-corrected chi connectivity index (χ0v) is 6.24. The van der Waals surface area contributed by atoms with Crippen LogP contribution in [0.5, 0.6) is 0 Å². The predicted octanol–water partition coefficient (Wildman–Crippen LogP) is 1.72. The van der Waals surface area contributed by atoms with Crippen LogP contribution in [0, 0.1) is 0 Å². The van der Waals surface area contributed by atoms with Gasteiger partial charge in [-0.3, -0.25) is 0 Å². The minimum atomic E-state index is 0.0275. The van der Waals surface area contributed by atoms with Crippen LogP contribution in [0.2, 0.25) is 0 Å². The zero-order chi connectivity index (χ0) is 5.70. The first kappa shape index (κ1) is 7.73. The van der Waals surface area contributed by atoms with Crippen LogP contribution >= 0.6 is 27.5 Å². The molecular formula is C4H8BrClO. The van der Waals surface area contributed by atoms with Gasteiger partial charge in [-0.05, 0) is 12.8 Å². The summed E-state index contributed by atoms with van der Waals surface area (Å²) in [5.74, 6) is 0. The molecule has 44 valence electrons. The fraction of sp³-hybridized carbons (Fsp3) is 1.00. The largest absolute Gasteiger partial charge is 0.396 e. The Bertz CT molecular complexity index is 40.7. The van der Waals surface area contributed by atoms with Crippen molar-refractivity contribution in [3.05, 3.63) is 0 Å². The fourth-order valence-electron chi connectivity index (χ4n) is 0.246. The second kappa shape index (κ2) is 4.88. The van der Waals surface area contributed by atoms with Gasteiger partial charge in [0.15, 0.2) is 0 Å². The van der Waals surface area contributed by atoms with E-state index in [9.17, 15) is 0 Å². The molecule has 0 aliphatic rings. The standard InChI is InChI=1S/C4H8BrClO/c5-4(6)2-1-3-7/h4,7H,1-3H2. The molecule has 7 heavy (non-hydrogen) atoms. The third-order valence-corrected chi connectivity index (χ3v) is 1.26. The van der Waals surface area contributed by atoms with Crippen molar-refractivity contribution in [1.29, 1.82) is 0 Å². The molecule has 0 aliphatic carbocycles. The van der Waals surface area contributed by atoms with Crippen LogP contribution in [0.3, 0.4) is 0 Å². The zero-order valence-electron chi connectivity index (χ0n) is 3.90. The summed E-state index contributed by atoms with van der Waals surface area (Å²) >= 11 is 8.59. The highest BCUT2D eigenvalue weighted by Crippen LogP contribution is 2.10. The molecule has 0 aromatic heterocycles. The second-order valence-corrected chi connectivity index (χ2v) is 3.42. The van der Waals surface area contributed by atoms with E-state index in [0.717, 1.165) is 12.8 Å². The number of aliphatic hydroxyl groups is 1. The highest BCUT2D eigenvalue weighted by atomic mass is 79.9. The molecule has 0 bridgehead atoms. The summed E-state index contributed by atoms with van der Waals surface area (Å²) in [4.78, 5) is 0. The van der Waals surface area contributed by atoms with E-state index in [1.807, 2.05) is 0 Å². The van der Waals surface area contributed by atoms with E-state index in [2.05, 4.69) is 15.9 Å². The Balaban J connectivity index is 2.68. The lowest BCUT2D eigenvalue weighted by Gasteiger charge is -1.94. The Morgan fingerprint density at radius 2 is 2.29 bits per heavy atom. The van der Waals surface area contributed by atoms with E-state index in [1.54, 1.807) is 0 Å². The SMILES string of the molecule is OCCCC(Cl)Br. The Kier molecular flexibility index (Phi) is 5.39. The molecule has 1 atom stereocenters. The Morgan fingerprint density at radius 3 is 2.43 bits per heavy atom. The first-order chi connectivity index (χ1) is 3.27. The molecule has 3 heteroatoms. The number of rotatable bonds is 3. The third-order valence-electron chi connectivity index (χ3n) is 0.580. The summed E-state index contributed by atoms with van der Waals surface area (Å²) < 4.78 is 0.0275. The Morgan fingerprint density at radius 1 is 1.71 bits per heavy atom. The molecule has 0 aliphatic heterocycles. The first-order valence-corrected chi connectivity index (χ1v) is 3.51. The van der Waals surface area contributed by atoms with Crippen molar-refractivity contribution in [1.82, 2.24) is 0 Å². The van der Waals surface area contributed by atoms with Crippen LogP contribution in [0.25, 0.3) is 0 Å². The van der Waals surface area contributed by atoms with Crippen molar-refractivity contribution in [3.63, 3.8) is 0 Å². The van der Waals surface area contributed by atoms with Gasteiger partial charge in [0.1, 0.15) is 0 Å². The maximum absolute atomic E-state index is 8.24. The van der Waals surface area contributed by atoms with E-state index >= 15 is 0 Å². The number of hydrogen-bond donors (Lipinski definition) is 1. The number of halogens is 2. The van der Waals surface area contributed by atoms with Crippen LogP contribution < -0.4 is 0 Å². The van der Waals surface area contributed by atoms with Gasteiger partial charge in [0.05, 0.1) is 4.29 Å². The molecule has 0 aromatic rings. The van der Waals surface area contributed by atoms with Gasteiger partial charge in [0.2, 0.25) is 0 Å². The van der Waals surface area contributed by atoms with E-state index in [1.165, 1.54) is 0 Å². The molecule has 0 rings (SSSR count). The quantitative estimate of drug-likeness (QED) is 0.667. The van der Waals surface area contributed by atoms with Gasteiger partial charge in [0.25, 0.3) is 0 Å². The predicted molar refractivity (Wildman–Crippen MR) is 34.9 cm³/mol. The third kappa shape index (κ3) is 6.73. The summed E-state index contributed by atoms with van der Waals surface area (Å²) in [6, 6.07) is 0. The molecule has 0 spiro atoms. The molecule has 1 unspecified atom stereocenters. The average molecular weight is 187 g/mol. The highest BCUT2D eigenvalue weighted by molar-refractivity contribution is 9.10. The van der Waals surface area contributed by atoms with Gasteiger partial charge in [-0.15, -0.1) is 11.6 Å². The number of hydrogen-bond acceptors (Lipinski definition) is 1. The van der Waals surface area contributed by atoms with E-state index < -0.39 is 0 Å². The minimum absolute atomic E-state index is 0.0275. The maximum Gasteiger partial charge on any atom is 0.0887 e. The molecule has 1 nitrogen and oxygen atoms in total. The van der Waals surface area contributed by atoms with E-state index in [0.29, 0.717) is 0 Å². The van der Waals surface area contributed by atoms with Crippen LogP contribution in [0.15, 0.2) is 0 Å². The summed E-state index contributed by atoms with van der Waals surface area (Å²) in [6.45, 7) is 0.231. The van der Waals surface area contributed by atoms with E-state index in [4.69, 9.17) is 16.7 Å². The fourth-order valence-corrected chi connectivity index (χ4v) is 0.724. The summed E-state index contributed by atoms with van der Waals surface area (Å²) in [6.07, 6.45) is 1.61. The van der Waals surface area contributed by atoms with Crippen molar-refractivity contribution >= 4 is 27.5 Å². The number of aliphatic hydroxyl groups excluding tert-OH is 1. The summed E-state index contributed by atoms with van der Waals surface area (Å²) in [7, 11) is 0. The van der Waals surface area contributed by atoms with Crippen LogP contribution in [-0.2, 0) is 0 Å². The normalized spacial score (nSPS) is 14.1. The maximum atomic E-state index is 8.24. The van der Waals surface area contributed by atoms with Crippen LogP contribution in [0.1, 0.15) is 12.8 Å². The second-order valence-electron chi connectivity index (χ2n) is 1.26. The molecule has 0 amide bonds. The highest BCUT2D eigenvalue weighted by Gasteiger charge is 1.93. The van der Waals surface area contributed by atoms with Gasteiger partial charge < -0.3 is 5.11 Å². The van der Waals surface area contributed by atoms with Crippen molar-refractivity contribution < 1.29 is 5.11 Å². The molecule has 0 saturated carbocycles. The lowest BCUT2D eigenvalue weighted by atomic mass is 10.4. The van der Waals surface area contributed by atoms with Gasteiger partial charge in [0, 0.05) is 6.61 Å². The Hall–Kier alpha value is 0.730. The van der Waals surface area contributed by atoms with Gasteiger partial charge in [-0.25, -0.2) is 0 Å². The monoisotopic (exact) mass is 186 g/mol. The molecule has 0 fully saturated rings. The smallest absolute Gasteiger partial charge is 0.0887 e. The molecule has 0 heterocycles. The number of alkyl halides is 2. The summed E-state index contributed by atoms with van der Waals surface area (Å²) in [5.41, 5.74) is 0.